The summed E-state index contributed by atoms with van der Waals surface area (Å²) in [7, 11) is 1.71. The number of rotatable bonds is 6. The lowest BCUT2D eigenvalue weighted by Gasteiger charge is -2.40. The molecule has 1 spiro atoms. The molecule has 3 saturated heterocycles. The number of benzene rings is 1. The van der Waals surface area contributed by atoms with Crippen molar-refractivity contribution in [2.45, 2.75) is 57.9 Å². The number of likely N-dealkylation sites (tertiary alicyclic amines) is 3. The number of piperidine rings is 1. The van der Waals surface area contributed by atoms with Crippen LogP contribution in [0.2, 0.25) is 0 Å². The van der Waals surface area contributed by atoms with Gasteiger partial charge < -0.3 is 14.5 Å². The van der Waals surface area contributed by atoms with Crippen LogP contribution < -0.4 is 4.74 Å². The summed E-state index contributed by atoms with van der Waals surface area (Å²) in [6.45, 7) is 6.24. The summed E-state index contributed by atoms with van der Waals surface area (Å²) in [5.41, 5.74) is 1.51. The van der Waals surface area contributed by atoms with Gasteiger partial charge in [-0.15, -0.1) is 0 Å². The molecule has 0 radical (unpaired) electrons. The Morgan fingerprint density at radius 1 is 1.06 bits per heavy atom. The van der Waals surface area contributed by atoms with Gasteiger partial charge in [-0.05, 0) is 56.3 Å². The first kappa shape index (κ1) is 22.1. The van der Waals surface area contributed by atoms with Crippen molar-refractivity contribution < 1.29 is 14.3 Å². The maximum atomic E-state index is 12.9. The van der Waals surface area contributed by atoms with Crippen LogP contribution in [0.3, 0.4) is 0 Å². The highest BCUT2D eigenvalue weighted by Crippen LogP contribution is 2.39. The van der Waals surface area contributed by atoms with Gasteiger partial charge in [0.05, 0.1) is 7.11 Å². The Bertz CT molecular complexity index is 783. The van der Waals surface area contributed by atoms with E-state index in [1.807, 2.05) is 11.0 Å². The third-order valence-electron chi connectivity index (χ3n) is 7.34. The minimum Gasteiger partial charge on any atom is -0.497 e. The van der Waals surface area contributed by atoms with E-state index in [9.17, 15) is 9.59 Å². The number of carbonyl (C=O) groups is 2. The molecule has 0 aliphatic carbocycles. The minimum absolute atomic E-state index is 0.221. The predicted octanol–water partition coefficient (Wildman–Crippen LogP) is 3.30. The molecule has 3 aliphatic heterocycles. The molecule has 3 aliphatic rings. The second-order valence-corrected chi connectivity index (χ2v) is 9.67. The van der Waals surface area contributed by atoms with Gasteiger partial charge >= 0.3 is 0 Å². The normalized spacial score (nSPS) is 25.1. The lowest BCUT2D eigenvalue weighted by Crippen LogP contribution is -2.45. The van der Waals surface area contributed by atoms with Crippen LogP contribution >= 0.6 is 0 Å². The van der Waals surface area contributed by atoms with E-state index in [2.05, 4.69) is 28.0 Å². The van der Waals surface area contributed by atoms with E-state index >= 15 is 0 Å². The molecule has 0 saturated carbocycles. The average molecular weight is 428 g/mol. The first-order valence-electron chi connectivity index (χ1n) is 12.0. The first-order chi connectivity index (χ1) is 15.1. The summed E-state index contributed by atoms with van der Waals surface area (Å²) in [4.78, 5) is 31.6. The van der Waals surface area contributed by atoms with Crippen LogP contribution in [-0.4, -0.2) is 72.9 Å². The molecule has 1 atom stereocenters. The fraction of sp³-hybridized carbons (Fsp3) is 0.680. The number of carbonyl (C=O) groups excluding carboxylic acids is 2. The third kappa shape index (κ3) is 5.59. The Balaban J connectivity index is 1.29. The third-order valence-corrected chi connectivity index (χ3v) is 7.34. The van der Waals surface area contributed by atoms with Crippen molar-refractivity contribution in [1.82, 2.24) is 14.7 Å². The van der Waals surface area contributed by atoms with E-state index in [0.29, 0.717) is 19.4 Å². The smallest absolute Gasteiger partial charge is 0.224 e. The molecule has 3 fully saturated rings. The van der Waals surface area contributed by atoms with Crippen LogP contribution in [0.1, 0.15) is 56.9 Å². The molecule has 3 heterocycles. The maximum absolute atomic E-state index is 12.9. The first-order valence-corrected chi connectivity index (χ1v) is 12.0. The van der Waals surface area contributed by atoms with E-state index in [1.165, 1.54) is 18.4 Å². The van der Waals surface area contributed by atoms with Gasteiger partial charge in [0.2, 0.25) is 11.8 Å². The SMILES string of the molecule is COc1cccc(CN2CCCC3(CCN(C(=O)CCN4CCCCCC4=O)C3)C2)c1. The molecule has 6 nitrogen and oxygen atoms in total. The molecule has 1 unspecified atom stereocenters. The lowest BCUT2D eigenvalue weighted by atomic mass is 9.79. The van der Waals surface area contributed by atoms with E-state index in [0.717, 1.165) is 70.7 Å². The van der Waals surface area contributed by atoms with Crippen LogP contribution in [0.15, 0.2) is 24.3 Å². The standard InChI is InChI=1S/C25H37N3O3/c1-31-22-8-5-7-21(17-22)18-26-13-6-11-25(19-26)12-16-28(20-25)24(30)10-15-27-14-4-2-3-9-23(27)29/h5,7-8,17H,2-4,6,9-16,18-20H2,1H3. The summed E-state index contributed by atoms with van der Waals surface area (Å²) in [6, 6.07) is 8.33. The zero-order chi connectivity index (χ0) is 21.7. The van der Waals surface area contributed by atoms with Crippen molar-refractivity contribution in [3.05, 3.63) is 29.8 Å². The van der Waals surface area contributed by atoms with Gasteiger partial charge in [-0.1, -0.05) is 18.6 Å². The van der Waals surface area contributed by atoms with Gasteiger partial charge in [0.1, 0.15) is 5.75 Å². The fourth-order valence-corrected chi connectivity index (χ4v) is 5.62. The average Bonchev–Trinajstić information content (AvgIpc) is 3.06. The molecule has 0 bridgehead atoms. The van der Waals surface area contributed by atoms with Gasteiger partial charge in [-0.25, -0.2) is 0 Å². The van der Waals surface area contributed by atoms with Gasteiger partial charge in [0.15, 0.2) is 0 Å². The number of ether oxygens (including phenoxy) is 1. The van der Waals surface area contributed by atoms with Crippen molar-refractivity contribution in [2.75, 3.05) is 46.4 Å². The molecule has 2 amide bonds. The molecular weight excluding hydrogens is 390 g/mol. The van der Waals surface area contributed by atoms with Gasteiger partial charge in [0.25, 0.3) is 0 Å². The summed E-state index contributed by atoms with van der Waals surface area (Å²) in [5.74, 6) is 1.35. The summed E-state index contributed by atoms with van der Waals surface area (Å²) in [5, 5.41) is 0. The van der Waals surface area contributed by atoms with Crippen LogP contribution in [0.5, 0.6) is 5.75 Å². The number of methoxy groups -OCH3 is 1. The quantitative estimate of drug-likeness (QED) is 0.699. The summed E-state index contributed by atoms with van der Waals surface area (Å²) < 4.78 is 5.37. The van der Waals surface area contributed by atoms with Gasteiger partial charge in [-0.2, -0.15) is 0 Å². The topological polar surface area (TPSA) is 53.1 Å². The fourth-order valence-electron chi connectivity index (χ4n) is 5.62. The molecule has 1 aromatic rings. The Labute approximate surface area is 186 Å². The zero-order valence-electron chi connectivity index (χ0n) is 19.0. The lowest BCUT2D eigenvalue weighted by molar-refractivity contribution is -0.134. The van der Waals surface area contributed by atoms with Gasteiger partial charge in [0, 0.05) is 57.5 Å². The van der Waals surface area contributed by atoms with Crippen LogP contribution in [0.25, 0.3) is 0 Å². The molecular formula is C25H37N3O3. The Morgan fingerprint density at radius 3 is 2.84 bits per heavy atom. The molecule has 1 aromatic carbocycles. The number of hydrogen-bond acceptors (Lipinski definition) is 4. The van der Waals surface area contributed by atoms with Crippen molar-refractivity contribution in [3.63, 3.8) is 0 Å². The highest BCUT2D eigenvalue weighted by atomic mass is 16.5. The highest BCUT2D eigenvalue weighted by Gasteiger charge is 2.42. The van der Waals surface area contributed by atoms with Crippen LogP contribution in [-0.2, 0) is 16.1 Å². The maximum Gasteiger partial charge on any atom is 0.224 e. The van der Waals surface area contributed by atoms with Crippen molar-refractivity contribution in [3.8, 4) is 5.75 Å². The Kier molecular flexibility index (Phi) is 7.16. The largest absolute Gasteiger partial charge is 0.497 e. The monoisotopic (exact) mass is 427 g/mol. The molecule has 0 aromatic heterocycles. The van der Waals surface area contributed by atoms with E-state index in [4.69, 9.17) is 4.74 Å². The van der Waals surface area contributed by atoms with Crippen molar-refractivity contribution in [2.24, 2.45) is 5.41 Å². The second-order valence-electron chi connectivity index (χ2n) is 9.67. The summed E-state index contributed by atoms with van der Waals surface area (Å²) in [6.07, 6.45) is 7.77. The molecule has 170 valence electrons. The Hall–Kier alpha value is -2.08. The van der Waals surface area contributed by atoms with Crippen molar-refractivity contribution in [1.29, 1.82) is 0 Å². The molecule has 31 heavy (non-hydrogen) atoms. The number of nitrogens with zero attached hydrogens (tertiary/aromatic N) is 3. The van der Waals surface area contributed by atoms with Gasteiger partial charge in [-0.3, -0.25) is 14.5 Å². The van der Waals surface area contributed by atoms with Crippen LogP contribution in [0.4, 0.5) is 0 Å². The molecule has 6 heteroatoms. The molecule has 0 N–H and O–H groups in total. The zero-order valence-corrected chi connectivity index (χ0v) is 19.0. The highest BCUT2D eigenvalue weighted by molar-refractivity contribution is 5.79. The van der Waals surface area contributed by atoms with E-state index in [-0.39, 0.29) is 17.2 Å². The number of amides is 2. The predicted molar refractivity (Wildman–Crippen MR) is 121 cm³/mol. The van der Waals surface area contributed by atoms with Crippen molar-refractivity contribution >= 4 is 11.8 Å². The second kappa shape index (κ2) is 10.0. The minimum atomic E-state index is 0.221. The van der Waals surface area contributed by atoms with E-state index in [1.54, 1.807) is 7.11 Å². The summed E-state index contributed by atoms with van der Waals surface area (Å²) >= 11 is 0. The van der Waals surface area contributed by atoms with Crippen LogP contribution in [0, 0.1) is 5.41 Å². The molecule has 4 rings (SSSR count). The Morgan fingerprint density at radius 2 is 1.97 bits per heavy atom. The van der Waals surface area contributed by atoms with E-state index < -0.39 is 0 Å². The number of hydrogen-bond donors (Lipinski definition) is 0.